The van der Waals surface area contributed by atoms with Crippen LogP contribution in [0.4, 0.5) is 0 Å². The zero-order valence-electron chi connectivity index (χ0n) is 4.36. The minimum Gasteiger partial charge on any atom is -0.286 e. The van der Waals surface area contributed by atoms with E-state index in [2.05, 4.69) is 5.32 Å². The van der Waals surface area contributed by atoms with E-state index in [1.54, 1.807) is 0 Å². The maximum absolute atomic E-state index is 10.4. The van der Waals surface area contributed by atoms with Crippen molar-refractivity contribution in [2.24, 2.45) is 0 Å². The topological polar surface area (TPSA) is 63.2 Å². The third-order valence-corrected chi connectivity index (χ3v) is 3.05. The Kier molecular flexibility index (Phi) is 2.09. The normalized spacial score (nSPS) is 27.7. The van der Waals surface area contributed by atoms with Crippen LogP contribution in [0, 0.1) is 0 Å². The Morgan fingerprint density at radius 3 is 2.56 bits per heavy atom. The number of carbonyl (C=O) groups is 1. The monoisotopic (exact) mass is 167 g/mol. The first-order valence-corrected chi connectivity index (χ1v) is 4.39. The predicted octanol–water partition coefficient (Wildman–Crippen LogP) is -1.26. The molecule has 1 rings (SSSR count). The van der Waals surface area contributed by atoms with Gasteiger partial charge in [-0.1, -0.05) is 11.8 Å². The van der Waals surface area contributed by atoms with Crippen LogP contribution in [0.5, 0.6) is 0 Å². The average molecular weight is 167 g/mol. The molecule has 1 atom stereocenters. The quantitative estimate of drug-likeness (QED) is 0.477. The molecule has 0 spiro atoms. The van der Waals surface area contributed by atoms with E-state index in [9.17, 15) is 13.2 Å². The highest BCUT2D eigenvalue weighted by Gasteiger charge is 2.23. The van der Waals surface area contributed by atoms with Gasteiger partial charge in [-0.2, -0.15) is 0 Å². The summed E-state index contributed by atoms with van der Waals surface area (Å²) in [6.07, 6.45) is 0. The lowest BCUT2D eigenvalue weighted by Crippen LogP contribution is -2.20. The highest BCUT2D eigenvalue weighted by Crippen LogP contribution is 2.15. The number of nitrogens with one attached hydrogen (secondary N) is 1. The van der Waals surface area contributed by atoms with Crippen LogP contribution in [0.1, 0.15) is 0 Å². The maximum atomic E-state index is 10.4. The first-order valence-electron chi connectivity index (χ1n) is 2.26. The van der Waals surface area contributed by atoms with Gasteiger partial charge in [0, 0.05) is 0 Å². The highest BCUT2D eigenvalue weighted by atomic mass is 32.2. The third-order valence-electron chi connectivity index (χ3n) is 0.856. The molecule has 0 aromatic rings. The SMILES string of the molecule is O=C1CNC([SH](=O)=O)S1. The van der Waals surface area contributed by atoms with Gasteiger partial charge in [0.2, 0.25) is 5.12 Å². The fraction of sp³-hybridized carbons (Fsp3) is 0.667. The molecule has 0 aromatic heterocycles. The Hall–Kier alpha value is -0.0700. The summed E-state index contributed by atoms with van der Waals surface area (Å²) in [7, 11) is -2.50. The van der Waals surface area contributed by atoms with Gasteiger partial charge in [-0.25, -0.2) is 8.42 Å². The first-order chi connectivity index (χ1) is 4.20. The molecular weight excluding hydrogens is 162 g/mol. The molecule has 1 aliphatic rings. The second-order valence-corrected chi connectivity index (χ2v) is 4.11. The summed E-state index contributed by atoms with van der Waals surface area (Å²) in [5, 5.41) is 2.41. The summed E-state index contributed by atoms with van der Waals surface area (Å²) in [5.74, 6) is 0. The molecule has 0 aliphatic carbocycles. The van der Waals surface area contributed by atoms with E-state index in [-0.39, 0.29) is 11.7 Å². The van der Waals surface area contributed by atoms with Gasteiger partial charge in [0.05, 0.1) is 6.54 Å². The largest absolute Gasteiger partial charge is 0.286 e. The van der Waals surface area contributed by atoms with E-state index in [0.717, 1.165) is 11.8 Å². The molecule has 0 aromatic carbocycles. The van der Waals surface area contributed by atoms with Crippen LogP contribution in [0.15, 0.2) is 0 Å². The summed E-state index contributed by atoms with van der Waals surface area (Å²) in [6.45, 7) is 0.165. The summed E-state index contributed by atoms with van der Waals surface area (Å²) >= 11 is 0.827. The van der Waals surface area contributed by atoms with Gasteiger partial charge in [0.15, 0.2) is 15.4 Å². The smallest absolute Gasteiger partial charge is 0.205 e. The lowest BCUT2D eigenvalue weighted by molar-refractivity contribution is -0.109. The van der Waals surface area contributed by atoms with Crippen LogP contribution >= 0.6 is 11.8 Å². The summed E-state index contributed by atoms with van der Waals surface area (Å²) in [6, 6.07) is 0. The number of hydrogen-bond donors (Lipinski definition) is 2. The van der Waals surface area contributed by atoms with Crippen molar-refractivity contribution >= 4 is 27.6 Å². The molecule has 0 bridgehead atoms. The fourth-order valence-electron chi connectivity index (χ4n) is 0.496. The zero-order chi connectivity index (χ0) is 6.85. The van der Waals surface area contributed by atoms with Crippen molar-refractivity contribution in [2.75, 3.05) is 6.54 Å². The molecule has 52 valence electrons. The van der Waals surface area contributed by atoms with E-state index >= 15 is 0 Å². The molecule has 1 fully saturated rings. The maximum Gasteiger partial charge on any atom is 0.205 e. The minimum absolute atomic E-state index is 0.112. The Morgan fingerprint density at radius 1 is 1.67 bits per heavy atom. The molecule has 4 nitrogen and oxygen atoms in total. The Morgan fingerprint density at radius 2 is 2.33 bits per heavy atom. The molecule has 1 heterocycles. The Bertz CT molecular complexity index is 191. The third kappa shape index (κ3) is 1.67. The lowest BCUT2D eigenvalue weighted by atomic mass is 10.7. The highest BCUT2D eigenvalue weighted by molar-refractivity contribution is 8.20. The van der Waals surface area contributed by atoms with E-state index in [1.165, 1.54) is 0 Å². The molecular formula is C3H5NO3S2. The molecule has 1 aliphatic heterocycles. The van der Waals surface area contributed by atoms with Crippen LogP contribution in [-0.4, -0.2) is 24.8 Å². The fourth-order valence-corrected chi connectivity index (χ4v) is 2.02. The molecule has 0 radical (unpaired) electrons. The van der Waals surface area contributed by atoms with Crippen molar-refractivity contribution in [3.8, 4) is 0 Å². The Balaban J connectivity index is 2.58. The molecule has 0 saturated carbocycles. The van der Waals surface area contributed by atoms with Crippen LogP contribution in [0.25, 0.3) is 0 Å². The van der Waals surface area contributed by atoms with E-state index < -0.39 is 15.4 Å². The molecule has 9 heavy (non-hydrogen) atoms. The lowest BCUT2D eigenvalue weighted by Gasteiger charge is -1.93. The van der Waals surface area contributed by atoms with Crippen molar-refractivity contribution in [3.05, 3.63) is 0 Å². The van der Waals surface area contributed by atoms with Gasteiger partial charge in [-0.15, -0.1) is 0 Å². The number of hydrogen-bond acceptors (Lipinski definition) is 5. The first kappa shape index (κ1) is 7.04. The molecule has 1 N–H and O–H groups in total. The van der Waals surface area contributed by atoms with Gasteiger partial charge >= 0.3 is 0 Å². The zero-order valence-corrected chi connectivity index (χ0v) is 6.08. The minimum atomic E-state index is -2.50. The van der Waals surface area contributed by atoms with E-state index in [4.69, 9.17) is 0 Å². The van der Waals surface area contributed by atoms with Crippen LogP contribution < -0.4 is 5.32 Å². The predicted molar refractivity (Wildman–Crippen MR) is 34.7 cm³/mol. The van der Waals surface area contributed by atoms with Crippen molar-refractivity contribution in [3.63, 3.8) is 0 Å². The van der Waals surface area contributed by atoms with Gasteiger partial charge in [-0.3, -0.25) is 10.1 Å². The standard InChI is InChI=1S/C3H5NO3S2/c5-2-1-4-3(8-2)9(6)7/h3-4,9H,1H2. The summed E-state index contributed by atoms with van der Waals surface area (Å²) < 4.78 is 19.6. The van der Waals surface area contributed by atoms with Crippen molar-refractivity contribution in [1.29, 1.82) is 0 Å². The second-order valence-electron chi connectivity index (χ2n) is 1.51. The van der Waals surface area contributed by atoms with Crippen molar-refractivity contribution < 1.29 is 13.2 Å². The van der Waals surface area contributed by atoms with Crippen molar-refractivity contribution in [1.82, 2.24) is 5.32 Å². The number of rotatable bonds is 1. The number of carbonyl (C=O) groups excluding carboxylic acids is 1. The average Bonchev–Trinajstić information content (AvgIpc) is 2.14. The van der Waals surface area contributed by atoms with E-state index in [0.29, 0.717) is 0 Å². The van der Waals surface area contributed by atoms with Gasteiger partial charge in [-0.05, 0) is 0 Å². The van der Waals surface area contributed by atoms with Gasteiger partial charge < -0.3 is 0 Å². The molecule has 0 amide bonds. The Labute approximate surface area is 58.0 Å². The van der Waals surface area contributed by atoms with Crippen molar-refractivity contribution in [2.45, 2.75) is 4.71 Å². The molecule has 6 heteroatoms. The number of thiol groups is 1. The summed E-state index contributed by atoms with van der Waals surface area (Å²) in [4.78, 5) is 10.4. The van der Waals surface area contributed by atoms with Gasteiger partial charge in [0.1, 0.15) is 0 Å². The summed E-state index contributed by atoms with van der Waals surface area (Å²) in [5.41, 5.74) is 0. The molecule has 1 unspecified atom stereocenters. The van der Waals surface area contributed by atoms with Gasteiger partial charge in [0.25, 0.3) is 0 Å². The van der Waals surface area contributed by atoms with E-state index in [1.807, 2.05) is 0 Å². The van der Waals surface area contributed by atoms with Crippen LogP contribution in [0.3, 0.4) is 0 Å². The van der Waals surface area contributed by atoms with Crippen LogP contribution in [-0.2, 0) is 15.5 Å². The number of thioether (sulfide) groups is 1. The second kappa shape index (κ2) is 2.68. The molecule has 1 saturated heterocycles. The van der Waals surface area contributed by atoms with Crippen LogP contribution in [0.2, 0.25) is 0 Å².